The zero-order valence-corrected chi connectivity index (χ0v) is 17.0. The largest absolute Gasteiger partial charge is 0.352 e. The van der Waals surface area contributed by atoms with Gasteiger partial charge in [-0.15, -0.1) is 0 Å². The minimum atomic E-state index is -3.54. The summed E-state index contributed by atoms with van der Waals surface area (Å²) in [6.45, 7) is 2.55. The maximum Gasteiger partial charge on any atom is 0.227 e. The lowest BCUT2D eigenvalue weighted by atomic mass is 10.1. The minimum Gasteiger partial charge on any atom is -0.352 e. The molecule has 0 spiro atoms. The third kappa shape index (κ3) is 5.99. The molecule has 152 valence electrons. The Balaban J connectivity index is 1.48. The van der Waals surface area contributed by atoms with Gasteiger partial charge >= 0.3 is 0 Å². The lowest BCUT2D eigenvalue weighted by Crippen LogP contribution is -2.23. The Bertz CT molecular complexity index is 1050. The summed E-state index contributed by atoms with van der Waals surface area (Å²) in [5.41, 5.74) is 2.28. The zero-order chi connectivity index (χ0) is 20.7. The van der Waals surface area contributed by atoms with E-state index in [2.05, 4.69) is 22.4 Å². The van der Waals surface area contributed by atoms with Crippen molar-refractivity contribution in [1.82, 2.24) is 15.5 Å². The zero-order valence-electron chi connectivity index (χ0n) is 16.2. The number of rotatable bonds is 9. The molecule has 1 amide bonds. The SMILES string of the molecule is CCc1ccc(CNC(=O)CCc2nc(CS(=O)(=O)c3ccccc3)no2)cc1. The van der Waals surface area contributed by atoms with Crippen molar-refractivity contribution >= 4 is 15.7 Å². The van der Waals surface area contributed by atoms with Gasteiger partial charge in [0.15, 0.2) is 15.7 Å². The molecule has 1 N–H and O–H groups in total. The Morgan fingerprint density at radius 1 is 1.03 bits per heavy atom. The van der Waals surface area contributed by atoms with E-state index in [4.69, 9.17) is 4.52 Å². The molecule has 3 rings (SSSR count). The fourth-order valence-electron chi connectivity index (χ4n) is 2.73. The van der Waals surface area contributed by atoms with Crippen molar-refractivity contribution in [3.05, 3.63) is 77.4 Å². The summed E-state index contributed by atoms with van der Waals surface area (Å²) in [5, 5.41) is 6.57. The van der Waals surface area contributed by atoms with Crippen molar-refractivity contribution in [2.75, 3.05) is 0 Å². The number of carbonyl (C=O) groups is 1. The molecular formula is C21H23N3O4S. The summed E-state index contributed by atoms with van der Waals surface area (Å²) in [5.74, 6) is -0.160. The maximum absolute atomic E-state index is 12.4. The van der Waals surface area contributed by atoms with Crippen LogP contribution < -0.4 is 5.32 Å². The first-order valence-electron chi connectivity index (χ1n) is 9.40. The Labute approximate surface area is 170 Å². The number of hydrogen-bond donors (Lipinski definition) is 1. The highest BCUT2D eigenvalue weighted by atomic mass is 32.2. The van der Waals surface area contributed by atoms with Crippen LogP contribution in [0.5, 0.6) is 0 Å². The first kappa shape index (κ1) is 20.7. The summed E-state index contributed by atoms with van der Waals surface area (Å²) in [6, 6.07) is 16.2. The van der Waals surface area contributed by atoms with Crippen molar-refractivity contribution in [1.29, 1.82) is 0 Å². The van der Waals surface area contributed by atoms with Crippen LogP contribution in [-0.4, -0.2) is 24.5 Å². The Morgan fingerprint density at radius 2 is 1.72 bits per heavy atom. The maximum atomic E-state index is 12.4. The molecule has 29 heavy (non-hydrogen) atoms. The van der Waals surface area contributed by atoms with Crippen LogP contribution in [0.15, 0.2) is 64.0 Å². The van der Waals surface area contributed by atoms with Gasteiger partial charge in [-0.3, -0.25) is 4.79 Å². The summed E-state index contributed by atoms with van der Waals surface area (Å²) < 4.78 is 29.8. The van der Waals surface area contributed by atoms with Gasteiger partial charge in [-0.05, 0) is 29.7 Å². The first-order valence-corrected chi connectivity index (χ1v) is 11.1. The summed E-state index contributed by atoms with van der Waals surface area (Å²) in [4.78, 5) is 16.3. The second kappa shape index (κ2) is 9.47. The molecule has 2 aromatic carbocycles. The second-order valence-corrected chi connectivity index (χ2v) is 8.61. The van der Waals surface area contributed by atoms with Crippen molar-refractivity contribution in [3.63, 3.8) is 0 Å². The molecule has 1 heterocycles. The van der Waals surface area contributed by atoms with Crippen molar-refractivity contribution < 1.29 is 17.7 Å². The highest BCUT2D eigenvalue weighted by Crippen LogP contribution is 2.14. The molecular weight excluding hydrogens is 390 g/mol. The van der Waals surface area contributed by atoms with Crippen molar-refractivity contribution in [3.8, 4) is 0 Å². The van der Waals surface area contributed by atoms with Crippen LogP contribution in [0.4, 0.5) is 0 Å². The van der Waals surface area contributed by atoms with Gasteiger partial charge in [0.1, 0.15) is 5.75 Å². The fourth-order valence-corrected chi connectivity index (χ4v) is 3.93. The average molecular weight is 413 g/mol. The van der Waals surface area contributed by atoms with Crippen LogP contribution in [0, 0.1) is 0 Å². The lowest BCUT2D eigenvalue weighted by Gasteiger charge is -2.05. The lowest BCUT2D eigenvalue weighted by molar-refractivity contribution is -0.121. The predicted octanol–water partition coefficient (Wildman–Crippen LogP) is 2.85. The first-order chi connectivity index (χ1) is 14.0. The summed E-state index contributed by atoms with van der Waals surface area (Å²) in [6.07, 6.45) is 1.41. The van der Waals surface area contributed by atoms with Gasteiger partial charge in [0.05, 0.1) is 4.90 Å². The van der Waals surface area contributed by atoms with Crippen LogP contribution in [0.1, 0.15) is 36.2 Å². The molecule has 0 radical (unpaired) electrons. The molecule has 0 unspecified atom stereocenters. The van der Waals surface area contributed by atoms with Crippen LogP contribution >= 0.6 is 0 Å². The van der Waals surface area contributed by atoms with E-state index in [9.17, 15) is 13.2 Å². The summed E-state index contributed by atoms with van der Waals surface area (Å²) >= 11 is 0. The van der Waals surface area contributed by atoms with Crippen LogP contribution in [0.3, 0.4) is 0 Å². The van der Waals surface area contributed by atoms with E-state index < -0.39 is 9.84 Å². The van der Waals surface area contributed by atoms with Gasteiger partial charge in [-0.25, -0.2) is 8.42 Å². The van der Waals surface area contributed by atoms with E-state index in [1.807, 2.05) is 24.3 Å². The van der Waals surface area contributed by atoms with Gasteiger partial charge in [0.25, 0.3) is 0 Å². The van der Waals surface area contributed by atoms with Gasteiger partial charge in [0, 0.05) is 19.4 Å². The normalized spacial score (nSPS) is 11.3. The number of aromatic nitrogens is 2. The molecule has 0 aliphatic heterocycles. The van der Waals surface area contributed by atoms with Crippen LogP contribution in [0.25, 0.3) is 0 Å². The van der Waals surface area contributed by atoms with E-state index in [0.717, 1.165) is 12.0 Å². The quantitative estimate of drug-likeness (QED) is 0.579. The van der Waals surface area contributed by atoms with E-state index in [0.29, 0.717) is 6.54 Å². The van der Waals surface area contributed by atoms with E-state index in [-0.39, 0.29) is 41.1 Å². The molecule has 0 atom stereocenters. The third-order valence-corrected chi connectivity index (χ3v) is 6.05. The second-order valence-electron chi connectivity index (χ2n) is 6.62. The van der Waals surface area contributed by atoms with Crippen molar-refractivity contribution in [2.24, 2.45) is 0 Å². The minimum absolute atomic E-state index is 0.0836. The molecule has 0 bridgehead atoms. The van der Waals surface area contributed by atoms with Crippen LogP contribution in [0.2, 0.25) is 0 Å². The molecule has 0 aliphatic rings. The number of nitrogens with one attached hydrogen (secondary N) is 1. The standard InChI is InChI=1S/C21H23N3O4S/c1-2-16-8-10-17(11-9-16)14-22-20(25)12-13-21-23-19(24-28-21)15-29(26,27)18-6-4-3-5-7-18/h3-11H,2,12-15H2,1H3,(H,22,25). The van der Waals surface area contributed by atoms with Gasteiger partial charge in [-0.1, -0.05) is 54.5 Å². The molecule has 7 nitrogen and oxygen atoms in total. The van der Waals surface area contributed by atoms with Gasteiger partial charge in [-0.2, -0.15) is 4.98 Å². The number of aryl methyl sites for hydroxylation is 2. The van der Waals surface area contributed by atoms with E-state index in [1.54, 1.807) is 18.2 Å². The van der Waals surface area contributed by atoms with Gasteiger partial charge in [0.2, 0.25) is 11.8 Å². The molecule has 3 aromatic rings. The Kier molecular flexibility index (Phi) is 6.77. The fraction of sp³-hybridized carbons (Fsp3) is 0.286. The number of benzene rings is 2. The topological polar surface area (TPSA) is 102 Å². The molecule has 0 saturated heterocycles. The van der Waals surface area contributed by atoms with Gasteiger partial charge < -0.3 is 9.84 Å². The predicted molar refractivity (Wildman–Crippen MR) is 108 cm³/mol. The molecule has 0 aliphatic carbocycles. The van der Waals surface area contributed by atoms with E-state index >= 15 is 0 Å². The Morgan fingerprint density at radius 3 is 2.41 bits per heavy atom. The molecule has 0 saturated carbocycles. The Hall–Kier alpha value is -3.00. The van der Waals surface area contributed by atoms with Crippen LogP contribution in [-0.2, 0) is 39.8 Å². The smallest absolute Gasteiger partial charge is 0.227 e. The van der Waals surface area contributed by atoms with Crippen molar-refractivity contribution in [2.45, 2.75) is 43.4 Å². The highest BCUT2D eigenvalue weighted by Gasteiger charge is 2.19. The monoisotopic (exact) mass is 413 g/mol. The molecule has 0 fully saturated rings. The number of sulfone groups is 1. The number of hydrogen-bond acceptors (Lipinski definition) is 6. The number of carbonyl (C=O) groups excluding carboxylic acids is 1. The molecule has 1 aromatic heterocycles. The highest BCUT2D eigenvalue weighted by molar-refractivity contribution is 7.90. The average Bonchev–Trinajstić information content (AvgIpc) is 3.18. The third-order valence-electron chi connectivity index (χ3n) is 4.42. The molecule has 8 heteroatoms. The van der Waals surface area contributed by atoms with E-state index in [1.165, 1.54) is 17.7 Å². The number of amides is 1. The summed E-state index contributed by atoms with van der Waals surface area (Å²) in [7, 11) is -3.54. The number of nitrogens with zero attached hydrogens (tertiary/aromatic N) is 2.